The van der Waals surface area contributed by atoms with E-state index in [0.29, 0.717) is 0 Å². The van der Waals surface area contributed by atoms with Gasteiger partial charge in [0.25, 0.3) is 0 Å². The Hall–Kier alpha value is -1.39. The van der Waals surface area contributed by atoms with Crippen LogP contribution in [0.1, 0.15) is 36.2 Å². The van der Waals surface area contributed by atoms with Gasteiger partial charge in [-0.3, -0.25) is 4.90 Å². The van der Waals surface area contributed by atoms with Gasteiger partial charge < -0.3 is 10.3 Å². The van der Waals surface area contributed by atoms with Crippen LogP contribution in [0.2, 0.25) is 0 Å². The number of aryl methyl sites for hydroxylation is 3. The maximum Gasteiger partial charge on any atom is 0.124 e. The molecule has 114 valence electrons. The third-order valence-electron chi connectivity index (χ3n) is 4.59. The second-order valence-corrected chi connectivity index (χ2v) is 6.23. The standard InChI is InChI=1S/C17H26N4/c1-13-10-15-16(11-14(13)2)21(9-5-6-18)17(19-15)12-20-7-3-4-8-20/h10-11H,3-9,12,18H2,1-2H3. The molecule has 0 aliphatic carbocycles. The van der Waals surface area contributed by atoms with Gasteiger partial charge in [-0.2, -0.15) is 0 Å². The lowest BCUT2D eigenvalue weighted by molar-refractivity contribution is 0.316. The lowest BCUT2D eigenvalue weighted by Crippen LogP contribution is -2.21. The highest BCUT2D eigenvalue weighted by molar-refractivity contribution is 5.78. The number of rotatable bonds is 5. The molecule has 1 saturated heterocycles. The predicted molar refractivity (Wildman–Crippen MR) is 87.4 cm³/mol. The van der Waals surface area contributed by atoms with Gasteiger partial charge in [-0.05, 0) is 76.0 Å². The number of benzene rings is 1. The van der Waals surface area contributed by atoms with Crippen LogP contribution in [0.25, 0.3) is 11.0 Å². The van der Waals surface area contributed by atoms with E-state index >= 15 is 0 Å². The monoisotopic (exact) mass is 286 g/mol. The van der Waals surface area contributed by atoms with Crippen LogP contribution in [0.5, 0.6) is 0 Å². The molecule has 2 aromatic rings. The van der Waals surface area contributed by atoms with Gasteiger partial charge in [0.05, 0.1) is 17.6 Å². The zero-order chi connectivity index (χ0) is 14.8. The predicted octanol–water partition coefficient (Wildman–Crippen LogP) is 2.60. The molecule has 1 aliphatic heterocycles. The molecule has 2 N–H and O–H groups in total. The van der Waals surface area contributed by atoms with Gasteiger partial charge in [0.15, 0.2) is 0 Å². The van der Waals surface area contributed by atoms with Crippen molar-refractivity contribution >= 4 is 11.0 Å². The van der Waals surface area contributed by atoms with E-state index in [1.54, 1.807) is 0 Å². The van der Waals surface area contributed by atoms with Gasteiger partial charge in [-0.15, -0.1) is 0 Å². The fourth-order valence-electron chi connectivity index (χ4n) is 3.19. The first kappa shape index (κ1) is 14.5. The minimum absolute atomic E-state index is 0.730. The Morgan fingerprint density at radius 2 is 1.86 bits per heavy atom. The highest BCUT2D eigenvalue weighted by Gasteiger charge is 2.17. The summed E-state index contributed by atoms with van der Waals surface area (Å²) >= 11 is 0. The van der Waals surface area contributed by atoms with Crippen molar-refractivity contribution in [3.05, 3.63) is 29.1 Å². The Bertz CT molecular complexity index is 623. The molecule has 0 radical (unpaired) electrons. The maximum absolute atomic E-state index is 5.71. The average molecular weight is 286 g/mol. The number of nitrogens with zero attached hydrogens (tertiary/aromatic N) is 3. The summed E-state index contributed by atoms with van der Waals surface area (Å²) in [5, 5.41) is 0. The molecular formula is C17H26N4. The van der Waals surface area contributed by atoms with Crippen molar-refractivity contribution in [1.29, 1.82) is 0 Å². The summed E-state index contributed by atoms with van der Waals surface area (Å²) in [6, 6.07) is 4.50. The Balaban J connectivity index is 1.99. The van der Waals surface area contributed by atoms with Crippen LogP contribution in [0.15, 0.2) is 12.1 Å². The number of aromatic nitrogens is 2. The second kappa shape index (κ2) is 6.16. The molecule has 2 heterocycles. The first-order valence-corrected chi connectivity index (χ1v) is 8.08. The molecular weight excluding hydrogens is 260 g/mol. The fourth-order valence-corrected chi connectivity index (χ4v) is 3.19. The van der Waals surface area contributed by atoms with Gasteiger partial charge in [0.2, 0.25) is 0 Å². The summed E-state index contributed by atoms with van der Waals surface area (Å²) in [6.07, 6.45) is 3.65. The van der Waals surface area contributed by atoms with E-state index in [2.05, 4.69) is 35.4 Å². The molecule has 0 amide bonds. The topological polar surface area (TPSA) is 47.1 Å². The summed E-state index contributed by atoms with van der Waals surface area (Å²) in [5.74, 6) is 1.20. The van der Waals surface area contributed by atoms with Gasteiger partial charge in [-0.1, -0.05) is 0 Å². The summed E-state index contributed by atoms with van der Waals surface area (Å²) in [4.78, 5) is 7.43. The zero-order valence-electron chi connectivity index (χ0n) is 13.2. The van der Waals surface area contributed by atoms with Crippen molar-refractivity contribution in [3.8, 4) is 0 Å². The van der Waals surface area contributed by atoms with Crippen molar-refractivity contribution in [2.45, 2.75) is 46.2 Å². The summed E-state index contributed by atoms with van der Waals surface area (Å²) in [7, 11) is 0. The number of hydrogen-bond donors (Lipinski definition) is 1. The number of likely N-dealkylation sites (tertiary alicyclic amines) is 1. The Morgan fingerprint density at radius 1 is 1.14 bits per heavy atom. The molecule has 1 aromatic carbocycles. The Morgan fingerprint density at radius 3 is 2.57 bits per heavy atom. The number of nitrogens with two attached hydrogens (primary N) is 1. The number of fused-ring (bicyclic) bond motifs is 1. The largest absolute Gasteiger partial charge is 0.330 e. The van der Waals surface area contributed by atoms with Crippen LogP contribution in [0, 0.1) is 13.8 Å². The molecule has 21 heavy (non-hydrogen) atoms. The van der Waals surface area contributed by atoms with E-state index in [9.17, 15) is 0 Å². The number of imidazole rings is 1. The minimum Gasteiger partial charge on any atom is -0.330 e. The molecule has 0 atom stereocenters. The molecule has 4 nitrogen and oxygen atoms in total. The van der Waals surface area contributed by atoms with Crippen molar-refractivity contribution < 1.29 is 0 Å². The molecule has 0 unspecified atom stereocenters. The smallest absolute Gasteiger partial charge is 0.124 e. The van der Waals surface area contributed by atoms with Crippen LogP contribution in [-0.4, -0.2) is 34.1 Å². The molecule has 1 fully saturated rings. The molecule has 1 aliphatic rings. The van der Waals surface area contributed by atoms with E-state index in [4.69, 9.17) is 10.7 Å². The van der Waals surface area contributed by atoms with Crippen molar-refractivity contribution in [2.24, 2.45) is 5.73 Å². The van der Waals surface area contributed by atoms with Gasteiger partial charge in [-0.25, -0.2) is 4.98 Å². The first-order chi connectivity index (χ1) is 10.2. The van der Waals surface area contributed by atoms with Gasteiger partial charge in [0, 0.05) is 6.54 Å². The average Bonchev–Trinajstić information content (AvgIpc) is 3.06. The normalized spacial score (nSPS) is 16.1. The third kappa shape index (κ3) is 2.97. The minimum atomic E-state index is 0.730. The van der Waals surface area contributed by atoms with Crippen LogP contribution in [0.3, 0.4) is 0 Å². The third-order valence-corrected chi connectivity index (χ3v) is 4.59. The Kier molecular flexibility index (Phi) is 4.27. The highest BCUT2D eigenvalue weighted by Crippen LogP contribution is 2.23. The molecule has 4 heteroatoms. The van der Waals surface area contributed by atoms with Crippen LogP contribution >= 0.6 is 0 Å². The maximum atomic E-state index is 5.71. The molecule has 0 bridgehead atoms. The fraction of sp³-hybridized carbons (Fsp3) is 0.588. The lowest BCUT2D eigenvalue weighted by atomic mass is 10.1. The summed E-state index contributed by atoms with van der Waals surface area (Å²) < 4.78 is 2.38. The van der Waals surface area contributed by atoms with E-state index in [-0.39, 0.29) is 0 Å². The summed E-state index contributed by atoms with van der Waals surface area (Å²) in [5.41, 5.74) is 10.8. The summed E-state index contributed by atoms with van der Waals surface area (Å²) in [6.45, 7) is 9.42. The van der Waals surface area contributed by atoms with E-state index in [1.807, 2.05) is 0 Å². The molecule has 0 saturated carbocycles. The van der Waals surface area contributed by atoms with Gasteiger partial charge in [0.1, 0.15) is 5.82 Å². The van der Waals surface area contributed by atoms with Crippen molar-refractivity contribution in [2.75, 3.05) is 19.6 Å². The van der Waals surface area contributed by atoms with Gasteiger partial charge >= 0.3 is 0 Å². The first-order valence-electron chi connectivity index (χ1n) is 8.08. The molecule has 0 spiro atoms. The van der Waals surface area contributed by atoms with E-state index in [1.165, 1.54) is 48.4 Å². The SMILES string of the molecule is Cc1cc2nc(CN3CCCC3)n(CCCN)c2cc1C. The van der Waals surface area contributed by atoms with Crippen LogP contribution in [0.4, 0.5) is 0 Å². The highest BCUT2D eigenvalue weighted by atomic mass is 15.2. The van der Waals surface area contributed by atoms with Crippen molar-refractivity contribution in [1.82, 2.24) is 14.5 Å². The molecule has 3 rings (SSSR count). The van der Waals surface area contributed by atoms with E-state index < -0.39 is 0 Å². The van der Waals surface area contributed by atoms with Crippen molar-refractivity contribution in [3.63, 3.8) is 0 Å². The van der Waals surface area contributed by atoms with E-state index in [0.717, 1.165) is 31.6 Å². The van der Waals surface area contributed by atoms with Crippen LogP contribution in [-0.2, 0) is 13.1 Å². The molecule has 1 aromatic heterocycles. The lowest BCUT2D eigenvalue weighted by Gasteiger charge is -2.16. The Labute approximate surface area is 126 Å². The quantitative estimate of drug-likeness (QED) is 0.919. The van der Waals surface area contributed by atoms with Crippen LogP contribution < -0.4 is 5.73 Å². The second-order valence-electron chi connectivity index (χ2n) is 6.23. The zero-order valence-corrected chi connectivity index (χ0v) is 13.2. The number of hydrogen-bond acceptors (Lipinski definition) is 3.